The van der Waals surface area contributed by atoms with Crippen LogP contribution in [0.15, 0.2) is 229 Å². The highest BCUT2D eigenvalue weighted by atomic mass is 16.3. The SMILES string of the molecule is c1ccc(-c2nc(-c3ccc(-c4cc5ccccc5o4)cc3)nc(-c3cccc(-c4ccc(-c5cc6ccc7cccc8c9cccc%10ccc%11cccc(c(c5)c6c78)c%11c%109)cc4)c3)n2)cc1. The Hall–Kier alpha value is -8.99. The lowest BCUT2D eigenvalue weighted by atomic mass is 9.86. The molecule has 4 nitrogen and oxygen atoms in total. The molecule has 0 spiro atoms. The predicted octanol–water partition coefficient (Wildman–Crippen LogP) is 17.0. The first-order valence-corrected chi connectivity index (χ1v) is 22.7. The van der Waals surface area contributed by atoms with Gasteiger partial charge in [-0.1, -0.05) is 194 Å². The lowest BCUT2D eigenvalue weighted by Gasteiger charge is -2.17. The van der Waals surface area contributed by atoms with Gasteiger partial charge in [0, 0.05) is 27.6 Å². The summed E-state index contributed by atoms with van der Waals surface area (Å²) in [5.74, 6) is 2.67. The molecule has 0 radical (unpaired) electrons. The second-order valence-corrected chi connectivity index (χ2v) is 17.5. The third-order valence-corrected chi connectivity index (χ3v) is 13.6. The van der Waals surface area contributed by atoms with E-state index >= 15 is 0 Å². The van der Waals surface area contributed by atoms with Crippen LogP contribution in [0.25, 0.3) is 143 Å². The van der Waals surface area contributed by atoms with Gasteiger partial charge in [0.15, 0.2) is 17.5 Å². The molecule has 0 bridgehead atoms. The molecule has 0 N–H and O–H groups in total. The second kappa shape index (κ2) is 14.8. The molecule has 67 heavy (non-hydrogen) atoms. The maximum atomic E-state index is 6.16. The van der Waals surface area contributed by atoms with Gasteiger partial charge in [0.25, 0.3) is 0 Å². The topological polar surface area (TPSA) is 51.8 Å². The van der Waals surface area contributed by atoms with Crippen molar-refractivity contribution in [3.8, 4) is 67.7 Å². The van der Waals surface area contributed by atoms with Crippen molar-refractivity contribution in [3.05, 3.63) is 224 Å². The van der Waals surface area contributed by atoms with Crippen molar-refractivity contribution < 1.29 is 4.42 Å². The molecule has 4 heteroatoms. The first-order valence-electron chi connectivity index (χ1n) is 22.7. The zero-order chi connectivity index (χ0) is 44.0. The van der Waals surface area contributed by atoms with Crippen LogP contribution in [0.1, 0.15) is 0 Å². The van der Waals surface area contributed by atoms with Crippen molar-refractivity contribution in [1.29, 1.82) is 0 Å². The molecule has 0 amide bonds. The Morgan fingerprint density at radius 2 is 0.687 bits per heavy atom. The average molecular weight is 852 g/mol. The smallest absolute Gasteiger partial charge is 0.164 e. The van der Waals surface area contributed by atoms with Gasteiger partial charge in [0.1, 0.15) is 11.3 Å². The van der Waals surface area contributed by atoms with E-state index in [-0.39, 0.29) is 0 Å². The van der Waals surface area contributed by atoms with Crippen LogP contribution in [0.4, 0.5) is 0 Å². The fourth-order valence-electron chi connectivity index (χ4n) is 10.4. The Morgan fingerprint density at radius 1 is 0.239 bits per heavy atom. The van der Waals surface area contributed by atoms with E-state index in [1.165, 1.54) is 75.8 Å². The van der Waals surface area contributed by atoms with Gasteiger partial charge in [0.2, 0.25) is 0 Å². The highest BCUT2D eigenvalue weighted by molar-refractivity contribution is 6.37. The van der Waals surface area contributed by atoms with E-state index in [1.807, 2.05) is 48.5 Å². The largest absolute Gasteiger partial charge is 0.456 e. The van der Waals surface area contributed by atoms with E-state index in [0.717, 1.165) is 50.1 Å². The van der Waals surface area contributed by atoms with E-state index in [1.54, 1.807) is 0 Å². The van der Waals surface area contributed by atoms with Gasteiger partial charge in [-0.05, 0) is 117 Å². The first kappa shape index (κ1) is 37.4. The Bertz CT molecular complexity index is 4210. The summed E-state index contributed by atoms with van der Waals surface area (Å²) < 4.78 is 6.16. The summed E-state index contributed by atoms with van der Waals surface area (Å²) >= 11 is 0. The molecule has 0 fully saturated rings. The van der Waals surface area contributed by atoms with E-state index in [4.69, 9.17) is 19.4 Å². The van der Waals surface area contributed by atoms with E-state index in [0.29, 0.717) is 17.5 Å². The minimum Gasteiger partial charge on any atom is -0.456 e. The molecule has 12 aromatic carbocycles. The van der Waals surface area contributed by atoms with Gasteiger partial charge < -0.3 is 4.42 Å². The number of fused-ring (bicyclic) bond motifs is 3. The number of aromatic nitrogens is 3. The quantitative estimate of drug-likeness (QED) is 0.156. The molecule has 14 rings (SSSR count). The molecule has 0 atom stereocenters. The van der Waals surface area contributed by atoms with Crippen LogP contribution in [0, 0.1) is 0 Å². The summed E-state index contributed by atoms with van der Waals surface area (Å²) in [6.07, 6.45) is 0. The fraction of sp³-hybridized carbons (Fsp3) is 0. The normalized spacial score (nSPS) is 11.9. The first-order chi connectivity index (χ1) is 33.2. The van der Waals surface area contributed by atoms with Gasteiger partial charge in [-0.3, -0.25) is 0 Å². The maximum absolute atomic E-state index is 6.16. The molecule has 2 aromatic heterocycles. The van der Waals surface area contributed by atoms with Crippen LogP contribution in [0.3, 0.4) is 0 Å². The van der Waals surface area contributed by atoms with Crippen molar-refractivity contribution in [3.63, 3.8) is 0 Å². The molecule has 14 aromatic rings. The van der Waals surface area contributed by atoms with Crippen LogP contribution in [-0.2, 0) is 0 Å². The van der Waals surface area contributed by atoms with Crippen molar-refractivity contribution >= 4 is 75.6 Å². The van der Waals surface area contributed by atoms with Crippen molar-refractivity contribution in [1.82, 2.24) is 15.0 Å². The number of rotatable bonds is 6. The standard InChI is InChI=1S/C63H37N3O/c1-2-10-44(11-3-1)61-64-62(45-31-26-40(27-32-45)56-37-47-12-4-5-21-55(47)67-56)66-63(65-61)49-17-6-16-46(34-49)38-22-24-39(25-23-38)50-35-48-33-30-43-14-8-19-52-51-18-7-13-41-28-29-42-15-9-20-53(59(42)57(41)51)54(36-50)60(48)58(43)52/h1-37H. The fourth-order valence-corrected chi connectivity index (χ4v) is 10.4. The third kappa shape index (κ3) is 6.11. The van der Waals surface area contributed by atoms with Gasteiger partial charge in [-0.25, -0.2) is 15.0 Å². The van der Waals surface area contributed by atoms with Crippen molar-refractivity contribution in [2.45, 2.75) is 0 Å². The maximum Gasteiger partial charge on any atom is 0.164 e. The van der Waals surface area contributed by atoms with Crippen LogP contribution in [0.2, 0.25) is 0 Å². The number of hydrogen-bond donors (Lipinski definition) is 0. The Morgan fingerprint density at radius 3 is 1.33 bits per heavy atom. The molecule has 0 aliphatic heterocycles. The van der Waals surface area contributed by atoms with E-state index < -0.39 is 0 Å². The molecular weight excluding hydrogens is 815 g/mol. The predicted molar refractivity (Wildman–Crippen MR) is 278 cm³/mol. The van der Waals surface area contributed by atoms with Crippen LogP contribution in [-0.4, -0.2) is 15.0 Å². The van der Waals surface area contributed by atoms with Crippen LogP contribution >= 0.6 is 0 Å². The summed E-state index contributed by atoms with van der Waals surface area (Å²) in [5.41, 5.74) is 9.16. The Kier molecular flexibility index (Phi) is 8.25. The van der Waals surface area contributed by atoms with Crippen LogP contribution in [0.5, 0.6) is 0 Å². The number of hydrogen-bond acceptors (Lipinski definition) is 4. The number of benzene rings is 11. The van der Waals surface area contributed by atoms with Gasteiger partial charge in [-0.15, -0.1) is 0 Å². The van der Waals surface area contributed by atoms with Crippen molar-refractivity contribution in [2.75, 3.05) is 0 Å². The number of para-hydroxylation sites is 1. The van der Waals surface area contributed by atoms with Crippen LogP contribution < -0.4 is 0 Å². The molecule has 310 valence electrons. The van der Waals surface area contributed by atoms with Gasteiger partial charge >= 0.3 is 0 Å². The van der Waals surface area contributed by atoms with Gasteiger partial charge in [-0.2, -0.15) is 0 Å². The molecular formula is C63H37N3O. The lowest BCUT2D eigenvalue weighted by molar-refractivity contribution is 0.631. The highest BCUT2D eigenvalue weighted by Gasteiger charge is 2.18. The summed E-state index contributed by atoms with van der Waals surface area (Å²) in [7, 11) is 0. The Balaban J connectivity index is 0.860. The van der Waals surface area contributed by atoms with Crippen molar-refractivity contribution in [2.24, 2.45) is 0 Å². The molecule has 0 unspecified atom stereocenters. The highest BCUT2D eigenvalue weighted by Crippen LogP contribution is 2.45. The second-order valence-electron chi connectivity index (χ2n) is 17.5. The Labute approximate surface area is 385 Å². The average Bonchev–Trinajstić information content (AvgIpc) is 3.84. The van der Waals surface area contributed by atoms with E-state index in [9.17, 15) is 0 Å². The van der Waals surface area contributed by atoms with Gasteiger partial charge in [0.05, 0.1) is 0 Å². The minimum absolute atomic E-state index is 0.608. The number of furan rings is 1. The monoisotopic (exact) mass is 851 g/mol. The molecule has 0 saturated heterocycles. The van der Waals surface area contributed by atoms with E-state index in [2.05, 4.69) is 176 Å². The summed E-state index contributed by atoms with van der Waals surface area (Å²) in [4.78, 5) is 15.1. The summed E-state index contributed by atoms with van der Waals surface area (Å²) in [6.45, 7) is 0. The number of nitrogens with zero attached hydrogens (tertiary/aromatic N) is 3. The summed E-state index contributed by atoms with van der Waals surface area (Å²) in [5, 5.41) is 16.5. The third-order valence-electron chi connectivity index (χ3n) is 13.6. The minimum atomic E-state index is 0.608. The lowest BCUT2D eigenvalue weighted by Crippen LogP contribution is -2.00. The summed E-state index contributed by atoms with van der Waals surface area (Å²) in [6, 6.07) is 80.2. The molecule has 0 aliphatic rings. The molecule has 0 aliphatic carbocycles. The molecule has 2 heterocycles. The molecule has 0 saturated carbocycles. The zero-order valence-corrected chi connectivity index (χ0v) is 36.1. The zero-order valence-electron chi connectivity index (χ0n) is 36.1.